The average molecular weight is 314 g/mol. The van der Waals surface area contributed by atoms with E-state index in [1.807, 2.05) is 0 Å². The van der Waals surface area contributed by atoms with Crippen molar-refractivity contribution in [3.63, 3.8) is 0 Å². The van der Waals surface area contributed by atoms with Crippen molar-refractivity contribution in [1.29, 1.82) is 0 Å². The summed E-state index contributed by atoms with van der Waals surface area (Å²) in [5.41, 5.74) is 6.26. The zero-order valence-electron chi connectivity index (χ0n) is 13.1. The quantitative estimate of drug-likeness (QED) is 0.729. The largest absolute Gasteiger partial charge is 0.497 e. The van der Waals surface area contributed by atoms with Gasteiger partial charge in [-0.25, -0.2) is 13.1 Å². The summed E-state index contributed by atoms with van der Waals surface area (Å²) in [4.78, 5) is 0.291. The van der Waals surface area contributed by atoms with Crippen LogP contribution in [-0.2, 0) is 16.4 Å². The van der Waals surface area contributed by atoms with Gasteiger partial charge in [-0.1, -0.05) is 26.7 Å². The molecule has 0 aliphatic heterocycles. The van der Waals surface area contributed by atoms with Crippen molar-refractivity contribution in [2.45, 2.75) is 38.0 Å². The number of sulfonamides is 1. The van der Waals surface area contributed by atoms with E-state index < -0.39 is 10.0 Å². The molecule has 120 valence electrons. The summed E-state index contributed by atoms with van der Waals surface area (Å²) < 4.78 is 32.8. The predicted octanol–water partition coefficient (Wildman–Crippen LogP) is 1.91. The molecule has 0 saturated carbocycles. The fourth-order valence-electron chi connectivity index (χ4n) is 2.18. The molecule has 21 heavy (non-hydrogen) atoms. The molecule has 0 spiro atoms. The van der Waals surface area contributed by atoms with Gasteiger partial charge in [0.1, 0.15) is 5.75 Å². The maximum absolute atomic E-state index is 12.5. The molecule has 0 aromatic heterocycles. The molecular weight excluding hydrogens is 288 g/mol. The Morgan fingerprint density at radius 2 is 1.95 bits per heavy atom. The van der Waals surface area contributed by atoms with Crippen LogP contribution in [0.4, 0.5) is 0 Å². The molecule has 0 aliphatic rings. The van der Waals surface area contributed by atoms with Crippen LogP contribution in [0.15, 0.2) is 23.1 Å². The van der Waals surface area contributed by atoms with Crippen molar-refractivity contribution in [2.24, 2.45) is 11.7 Å². The summed E-state index contributed by atoms with van der Waals surface area (Å²) >= 11 is 0. The summed E-state index contributed by atoms with van der Waals surface area (Å²) in [7, 11) is -1.96. The van der Waals surface area contributed by atoms with E-state index >= 15 is 0 Å². The summed E-state index contributed by atoms with van der Waals surface area (Å²) in [6.45, 7) is 4.98. The first-order valence-corrected chi connectivity index (χ1v) is 8.83. The summed E-state index contributed by atoms with van der Waals surface area (Å²) in [5.74, 6) is 0.994. The van der Waals surface area contributed by atoms with Gasteiger partial charge < -0.3 is 10.5 Å². The topological polar surface area (TPSA) is 81.4 Å². The van der Waals surface area contributed by atoms with Crippen LogP contribution in [0.3, 0.4) is 0 Å². The van der Waals surface area contributed by atoms with Gasteiger partial charge >= 0.3 is 0 Å². The summed E-state index contributed by atoms with van der Waals surface area (Å²) in [5, 5.41) is 0. The molecule has 0 fully saturated rings. The number of rotatable bonds is 9. The Kier molecular flexibility index (Phi) is 7.14. The minimum atomic E-state index is -3.51. The number of nitrogens with two attached hydrogens (primary N) is 1. The lowest BCUT2D eigenvalue weighted by Gasteiger charge is -2.16. The van der Waals surface area contributed by atoms with Crippen LogP contribution in [0.25, 0.3) is 0 Å². The van der Waals surface area contributed by atoms with Crippen molar-refractivity contribution in [1.82, 2.24) is 4.72 Å². The van der Waals surface area contributed by atoms with Crippen molar-refractivity contribution in [3.8, 4) is 5.75 Å². The summed E-state index contributed by atoms with van der Waals surface area (Å²) in [6.07, 6.45) is 2.41. The smallest absolute Gasteiger partial charge is 0.240 e. The zero-order valence-corrected chi connectivity index (χ0v) is 13.9. The molecule has 0 radical (unpaired) electrons. The molecule has 0 amide bonds. The first kappa shape index (κ1) is 17.9. The monoisotopic (exact) mass is 314 g/mol. The Labute approximate surface area is 127 Å². The van der Waals surface area contributed by atoms with E-state index in [0.29, 0.717) is 41.6 Å². The van der Waals surface area contributed by atoms with Crippen LogP contribution >= 0.6 is 0 Å². The van der Waals surface area contributed by atoms with E-state index in [2.05, 4.69) is 18.6 Å². The van der Waals surface area contributed by atoms with E-state index in [1.165, 1.54) is 0 Å². The van der Waals surface area contributed by atoms with Crippen LogP contribution in [0.1, 0.15) is 32.3 Å². The fourth-order valence-corrected chi connectivity index (χ4v) is 3.54. The molecular formula is C15H26N2O3S. The molecule has 5 nitrogen and oxygen atoms in total. The molecule has 0 unspecified atom stereocenters. The highest BCUT2D eigenvalue weighted by molar-refractivity contribution is 7.89. The highest BCUT2D eigenvalue weighted by Crippen LogP contribution is 2.22. The van der Waals surface area contributed by atoms with Crippen LogP contribution < -0.4 is 15.2 Å². The second-order valence-electron chi connectivity index (χ2n) is 5.05. The third kappa shape index (κ3) is 4.98. The van der Waals surface area contributed by atoms with Gasteiger partial charge in [-0.15, -0.1) is 0 Å². The lowest BCUT2D eigenvalue weighted by Crippen LogP contribution is -2.30. The van der Waals surface area contributed by atoms with E-state index in [4.69, 9.17) is 10.5 Å². The lowest BCUT2D eigenvalue weighted by molar-refractivity contribution is 0.413. The number of methoxy groups -OCH3 is 1. The number of hydrogen-bond donors (Lipinski definition) is 2. The Morgan fingerprint density at radius 3 is 2.48 bits per heavy atom. The van der Waals surface area contributed by atoms with Crippen LogP contribution in [-0.4, -0.2) is 28.6 Å². The average Bonchev–Trinajstić information content (AvgIpc) is 2.48. The minimum absolute atomic E-state index is 0.291. The Morgan fingerprint density at radius 1 is 1.29 bits per heavy atom. The number of ether oxygens (including phenoxy) is 1. The maximum Gasteiger partial charge on any atom is 0.240 e. The van der Waals surface area contributed by atoms with Crippen LogP contribution in [0.2, 0.25) is 0 Å². The molecule has 0 atom stereocenters. The predicted molar refractivity (Wildman–Crippen MR) is 85.0 cm³/mol. The van der Waals surface area contributed by atoms with Gasteiger partial charge in [0.05, 0.1) is 12.0 Å². The number of hydrogen-bond acceptors (Lipinski definition) is 4. The molecule has 0 saturated heterocycles. The standard InChI is InChI=1S/C15H26N2O3S/c1-4-12(5-2)11-17-21(18,19)15-7-6-14(20-3)10-13(15)8-9-16/h6-7,10,12,17H,4-5,8-9,11,16H2,1-3H3. The normalized spacial score (nSPS) is 11.9. The lowest BCUT2D eigenvalue weighted by atomic mass is 10.0. The SMILES string of the molecule is CCC(CC)CNS(=O)(=O)c1ccc(OC)cc1CCN. The molecule has 6 heteroatoms. The maximum atomic E-state index is 12.5. The van der Waals surface area contributed by atoms with Gasteiger partial charge in [0, 0.05) is 6.54 Å². The van der Waals surface area contributed by atoms with Crippen LogP contribution in [0, 0.1) is 5.92 Å². The zero-order chi connectivity index (χ0) is 15.9. The highest BCUT2D eigenvalue weighted by Gasteiger charge is 2.19. The van der Waals surface area contributed by atoms with Crippen LogP contribution in [0.5, 0.6) is 5.75 Å². The number of benzene rings is 1. The molecule has 1 rings (SSSR count). The fraction of sp³-hybridized carbons (Fsp3) is 0.600. The van der Waals surface area contributed by atoms with Gasteiger partial charge in [0.25, 0.3) is 0 Å². The van der Waals surface area contributed by atoms with Gasteiger partial charge in [-0.3, -0.25) is 0 Å². The molecule has 1 aromatic rings. The highest BCUT2D eigenvalue weighted by atomic mass is 32.2. The van der Waals surface area contributed by atoms with E-state index in [1.54, 1.807) is 25.3 Å². The third-order valence-corrected chi connectivity index (χ3v) is 5.21. The third-order valence-electron chi connectivity index (χ3n) is 3.69. The Balaban J connectivity index is 3.01. The number of nitrogens with one attached hydrogen (secondary N) is 1. The summed E-state index contributed by atoms with van der Waals surface area (Å²) in [6, 6.07) is 4.98. The molecule has 0 heterocycles. The molecule has 0 bridgehead atoms. The van der Waals surface area contributed by atoms with E-state index in [-0.39, 0.29) is 0 Å². The van der Waals surface area contributed by atoms with Crippen molar-refractivity contribution in [3.05, 3.63) is 23.8 Å². The van der Waals surface area contributed by atoms with Gasteiger partial charge in [0.2, 0.25) is 10.0 Å². The molecule has 1 aromatic carbocycles. The second-order valence-corrected chi connectivity index (χ2v) is 6.78. The van der Waals surface area contributed by atoms with Gasteiger partial charge in [0.15, 0.2) is 0 Å². The minimum Gasteiger partial charge on any atom is -0.497 e. The molecule has 0 aliphatic carbocycles. The van der Waals surface area contributed by atoms with Gasteiger partial charge in [-0.05, 0) is 42.6 Å². The van der Waals surface area contributed by atoms with E-state index in [0.717, 1.165) is 12.8 Å². The van der Waals surface area contributed by atoms with Crippen molar-refractivity contribution in [2.75, 3.05) is 20.2 Å². The van der Waals surface area contributed by atoms with Crippen molar-refractivity contribution >= 4 is 10.0 Å². The Hall–Kier alpha value is -1.11. The molecule has 3 N–H and O–H groups in total. The van der Waals surface area contributed by atoms with Gasteiger partial charge in [-0.2, -0.15) is 0 Å². The van der Waals surface area contributed by atoms with E-state index in [9.17, 15) is 8.42 Å². The first-order chi connectivity index (χ1) is 9.98. The van der Waals surface area contributed by atoms with Crippen molar-refractivity contribution < 1.29 is 13.2 Å². The first-order valence-electron chi connectivity index (χ1n) is 7.35. The Bertz CT molecular complexity index is 540. The second kappa shape index (κ2) is 8.36.